The van der Waals surface area contributed by atoms with E-state index >= 15 is 0 Å². The Labute approximate surface area is 107 Å². The summed E-state index contributed by atoms with van der Waals surface area (Å²) in [4.78, 5) is 0.208. The van der Waals surface area contributed by atoms with Crippen LogP contribution >= 0.6 is 0 Å². The first-order valence-electron chi connectivity index (χ1n) is 5.89. The van der Waals surface area contributed by atoms with Crippen molar-refractivity contribution in [3.63, 3.8) is 0 Å². The number of nitrogen functional groups attached to an aromatic ring is 1. The smallest absolute Gasteiger partial charge is 0.240 e. The number of benzene rings is 1. The number of nitrogens with two attached hydrogens (primary N) is 1. The Hall–Kier alpha value is -1.11. The van der Waals surface area contributed by atoms with Crippen molar-refractivity contribution in [3.05, 3.63) is 23.8 Å². The maximum atomic E-state index is 12.2. The van der Waals surface area contributed by atoms with E-state index in [0.29, 0.717) is 18.7 Å². The molecule has 1 fully saturated rings. The first kappa shape index (κ1) is 13.3. The molecule has 1 saturated heterocycles. The SMILES string of the molecule is Cc1cc(N)cc(S(=O)(=O)NC2CCOC2C)c1. The summed E-state index contributed by atoms with van der Waals surface area (Å²) in [6.07, 6.45) is 0.601. The van der Waals surface area contributed by atoms with Crippen LogP contribution in [0.5, 0.6) is 0 Å². The third-order valence-electron chi connectivity index (χ3n) is 3.07. The fourth-order valence-electron chi connectivity index (χ4n) is 2.09. The van der Waals surface area contributed by atoms with E-state index in [9.17, 15) is 8.42 Å². The molecule has 0 aromatic heterocycles. The fraction of sp³-hybridized carbons (Fsp3) is 0.500. The Bertz CT molecular complexity index is 522. The molecule has 0 spiro atoms. The molecule has 2 atom stereocenters. The van der Waals surface area contributed by atoms with E-state index in [1.165, 1.54) is 6.07 Å². The molecular formula is C12H18N2O3S. The Balaban J connectivity index is 2.25. The summed E-state index contributed by atoms with van der Waals surface area (Å²) in [6, 6.07) is 4.65. The molecule has 0 saturated carbocycles. The molecule has 0 aliphatic carbocycles. The van der Waals surface area contributed by atoms with Crippen molar-refractivity contribution in [1.29, 1.82) is 0 Å². The Morgan fingerprint density at radius 1 is 1.39 bits per heavy atom. The highest BCUT2D eigenvalue weighted by atomic mass is 32.2. The Kier molecular flexibility index (Phi) is 3.61. The summed E-state index contributed by atoms with van der Waals surface area (Å²) in [7, 11) is -3.53. The van der Waals surface area contributed by atoms with Crippen LogP contribution in [0.15, 0.2) is 23.1 Å². The number of sulfonamides is 1. The second kappa shape index (κ2) is 4.87. The predicted molar refractivity (Wildman–Crippen MR) is 69.7 cm³/mol. The minimum absolute atomic E-state index is 0.0954. The van der Waals surface area contributed by atoms with Crippen molar-refractivity contribution in [1.82, 2.24) is 4.72 Å². The van der Waals surface area contributed by atoms with Gasteiger partial charge in [0.2, 0.25) is 10.0 Å². The van der Waals surface area contributed by atoms with Gasteiger partial charge in [0.1, 0.15) is 0 Å². The van der Waals surface area contributed by atoms with Gasteiger partial charge in [-0.2, -0.15) is 0 Å². The van der Waals surface area contributed by atoms with Crippen LogP contribution in [0.2, 0.25) is 0 Å². The van der Waals surface area contributed by atoms with Crippen LogP contribution in [0.1, 0.15) is 18.9 Å². The predicted octanol–water partition coefficient (Wildman–Crippen LogP) is 1.03. The van der Waals surface area contributed by atoms with Crippen LogP contribution in [0.25, 0.3) is 0 Å². The maximum Gasteiger partial charge on any atom is 0.240 e. The van der Waals surface area contributed by atoms with Crippen LogP contribution in [0.3, 0.4) is 0 Å². The molecule has 0 radical (unpaired) electrons. The zero-order chi connectivity index (χ0) is 13.3. The van der Waals surface area contributed by atoms with Crippen LogP contribution in [0, 0.1) is 6.92 Å². The van der Waals surface area contributed by atoms with Crippen molar-refractivity contribution in [2.75, 3.05) is 12.3 Å². The average Bonchev–Trinajstić information content (AvgIpc) is 2.62. The van der Waals surface area contributed by atoms with Gasteiger partial charge in [0.15, 0.2) is 0 Å². The Morgan fingerprint density at radius 2 is 2.11 bits per heavy atom. The normalized spacial score (nSPS) is 24.3. The summed E-state index contributed by atoms with van der Waals surface area (Å²) in [5.74, 6) is 0. The van der Waals surface area contributed by atoms with E-state index in [1.54, 1.807) is 12.1 Å². The molecule has 2 rings (SSSR count). The van der Waals surface area contributed by atoms with Crippen LogP contribution in [-0.2, 0) is 14.8 Å². The second-order valence-electron chi connectivity index (χ2n) is 4.67. The summed E-state index contributed by atoms with van der Waals surface area (Å²) >= 11 is 0. The molecular weight excluding hydrogens is 252 g/mol. The highest BCUT2D eigenvalue weighted by molar-refractivity contribution is 7.89. The lowest BCUT2D eigenvalue weighted by molar-refractivity contribution is 0.117. The fourth-order valence-corrected chi connectivity index (χ4v) is 3.56. The molecule has 1 heterocycles. The third-order valence-corrected chi connectivity index (χ3v) is 4.54. The molecule has 0 bridgehead atoms. The minimum atomic E-state index is -3.53. The molecule has 5 nitrogen and oxygen atoms in total. The number of rotatable bonds is 3. The van der Waals surface area contributed by atoms with Crippen molar-refractivity contribution in [2.24, 2.45) is 0 Å². The molecule has 1 aliphatic heterocycles. The van der Waals surface area contributed by atoms with Crippen LogP contribution in [-0.4, -0.2) is 27.2 Å². The van der Waals surface area contributed by atoms with Crippen LogP contribution in [0.4, 0.5) is 5.69 Å². The van der Waals surface area contributed by atoms with Gasteiger partial charge in [-0.05, 0) is 44.0 Å². The first-order chi connectivity index (χ1) is 8.38. The molecule has 1 aromatic rings. The van der Waals surface area contributed by atoms with Crippen LogP contribution < -0.4 is 10.5 Å². The molecule has 2 unspecified atom stereocenters. The van der Waals surface area contributed by atoms with Gasteiger partial charge in [-0.1, -0.05) is 0 Å². The minimum Gasteiger partial charge on any atom is -0.399 e. The standard InChI is InChI=1S/C12H18N2O3S/c1-8-5-10(13)7-11(6-8)18(15,16)14-12-3-4-17-9(12)2/h5-7,9,12,14H,3-4,13H2,1-2H3. The number of aryl methyl sites for hydroxylation is 1. The molecule has 1 aliphatic rings. The molecule has 18 heavy (non-hydrogen) atoms. The summed E-state index contributed by atoms with van der Waals surface area (Å²) in [5.41, 5.74) is 6.95. The third kappa shape index (κ3) is 2.82. The van der Waals surface area contributed by atoms with Gasteiger partial charge in [0.25, 0.3) is 0 Å². The summed E-state index contributed by atoms with van der Waals surface area (Å²) in [5, 5.41) is 0. The lowest BCUT2D eigenvalue weighted by Gasteiger charge is -2.16. The molecule has 0 amide bonds. The van der Waals surface area contributed by atoms with E-state index in [1.807, 2.05) is 13.8 Å². The van der Waals surface area contributed by atoms with E-state index in [2.05, 4.69) is 4.72 Å². The van der Waals surface area contributed by atoms with E-state index in [0.717, 1.165) is 5.56 Å². The largest absolute Gasteiger partial charge is 0.399 e. The molecule has 3 N–H and O–H groups in total. The number of ether oxygens (including phenoxy) is 1. The lowest BCUT2D eigenvalue weighted by atomic mass is 10.2. The van der Waals surface area contributed by atoms with Crippen molar-refractivity contribution >= 4 is 15.7 Å². The van der Waals surface area contributed by atoms with Crippen molar-refractivity contribution < 1.29 is 13.2 Å². The number of nitrogens with one attached hydrogen (secondary N) is 1. The average molecular weight is 270 g/mol. The highest BCUT2D eigenvalue weighted by Gasteiger charge is 2.29. The van der Waals surface area contributed by atoms with Gasteiger partial charge in [-0.25, -0.2) is 13.1 Å². The molecule has 1 aromatic carbocycles. The van der Waals surface area contributed by atoms with Gasteiger partial charge in [0.05, 0.1) is 17.0 Å². The van der Waals surface area contributed by atoms with Gasteiger partial charge in [-0.3, -0.25) is 0 Å². The van der Waals surface area contributed by atoms with Gasteiger partial charge >= 0.3 is 0 Å². The quantitative estimate of drug-likeness (QED) is 0.804. The highest BCUT2D eigenvalue weighted by Crippen LogP contribution is 2.19. The first-order valence-corrected chi connectivity index (χ1v) is 7.38. The number of hydrogen-bond acceptors (Lipinski definition) is 4. The second-order valence-corrected chi connectivity index (χ2v) is 6.39. The maximum absolute atomic E-state index is 12.2. The number of anilines is 1. The Morgan fingerprint density at radius 3 is 2.67 bits per heavy atom. The van der Waals surface area contributed by atoms with E-state index < -0.39 is 10.0 Å². The zero-order valence-electron chi connectivity index (χ0n) is 10.5. The van der Waals surface area contributed by atoms with Crippen molar-refractivity contribution in [2.45, 2.75) is 37.3 Å². The van der Waals surface area contributed by atoms with E-state index in [-0.39, 0.29) is 17.0 Å². The summed E-state index contributed by atoms with van der Waals surface area (Å²) in [6.45, 7) is 4.27. The van der Waals surface area contributed by atoms with Gasteiger partial charge in [0, 0.05) is 12.3 Å². The topological polar surface area (TPSA) is 81.4 Å². The number of hydrogen-bond donors (Lipinski definition) is 2. The molecule has 100 valence electrons. The molecule has 6 heteroatoms. The monoisotopic (exact) mass is 270 g/mol. The summed E-state index contributed by atoms with van der Waals surface area (Å²) < 4.78 is 32.4. The van der Waals surface area contributed by atoms with Gasteiger partial charge in [-0.15, -0.1) is 0 Å². The zero-order valence-corrected chi connectivity index (χ0v) is 11.3. The van der Waals surface area contributed by atoms with Gasteiger partial charge < -0.3 is 10.5 Å². The lowest BCUT2D eigenvalue weighted by Crippen LogP contribution is -2.39. The van der Waals surface area contributed by atoms with Crippen molar-refractivity contribution in [3.8, 4) is 0 Å². The van der Waals surface area contributed by atoms with E-state index in [4.69, 9.17) is 10.5 Å².